The minimum atomic E-state index is -0.574. The summed E-state index contributed by atoms with van der Waals surface area (Å²) in [4.78, 5) is 10.7. The topological polar surface area (TPSA) is 75.3 Å². The first-order valence-electron chi connectivity index (χ1n) is 5.49. The van der Waals surface area contributed by atoms with Gasteiger partial charge in [-0.15, -0.1) is 0 Å². The molecule has 1 aromatic heterocycles. The van der Waals surface area contributed by atoms with Crippen molar-refractivity contribution in [3.05, 3.63) is 17.6 Å². The number of nitrogen functional groups attached to an aromatic ring is 1. The predicted molar refractivity (Wildman–Crippen MR) is 61.7 cm³/mol. The number of β-amino-alcohol motifs (C(OH)–C–C–N with tert-alkyl or cyclic N) is 1. The summed E-state index contributed by atoms with van der Waals surface area (Å²) in [7, 11) is 0. The Morgan fingerprint density at radius 1 is 1.56 bits per heavy atom. The monoisotopic (exact) mass is 222 g/mol. The van der Waals surface area contributed by atoms with E-state index in [1.807, 2.05) is 13.8 Å². The van der Waals surface area contributed by atoms with Crippen molar-refractivity contribution in [1.29, 1.82) is 0 Å². The standard InChI is InChI=1S/C11H18N4O/c1-8-5-9(12)14-10(13-8)6-15-4-3-11(2,16)7-15/h5,16H,3-4,6-7H2,1-2H3,(H2,12,13,14). The lowest BCUT2D eigenvalue weighted by atomic mass is 10.1. The number of rotatable bonds is 2. The molecule has 1 aliphatic rings. The summed E-state index contributed by atoms with van der Waals surface area (Å²) in [5.41, 5.74) is 5.98. The minimum Gasteiger partial charge on any atom is -0.389 e. The maximum atomic E-state index is 9.84. The highest BCUT2D eigenvalue weighted by Gasteiger charge is 2.31. The number of aromatic nitrogens is 2. The van der Waals surface area contributed by atoms with Crippen molar-refractivity contribution in [3.8, 4) is 0 Å². The summed E-state index contributed by atoms with van der Waals surface area (Å²) in [6.45, 7) is 5.97. The number of nitrogens with zero attached hydrogens (tertiary/aromatic N) is 3. The van der Waals surface area contributed by atoms with Crippen LogP contribution in [0.2, 0.25) is 0 Å². The van der Waals surface area contributed by atoms with E-state index in [0.717, 1.165) is 24.5 Å². The molecule has 3 N–H and O–H groups in total. The molecule has 2 rings (SSSR count). The average Bonchev–Trinajstić information content (AvgIpc) is 2.43. The number of aliphatic hydroxyl groups is 1. The fourth-order valence-corrected chi connectivity index (χ4v) is 2.10. The number of anilines is 1. The first-order chi connectivity index (χ1) is 7.44. The van der Waals surface area contributed by atoms with Crippen LogP contribution < -0.4 is 5.73 Å². The highest BCUT2D eigenvalue weighted by atomic mass is 16.3. The Bertz CT molecular complexity index is 371. The van der Waals surface area contributed by atoms with Crippen LogP contribution in [0.5, 0.6) is 0 Å². The van der Waals surface area contributed by atoms with E-state index in [1.54, 1.807) is 6.07 Å². The quantitative estimate of drug-likeness (QED) is 0.754. The van der Waals surface area contributed by atoms with Gasteiger partial charge in [-0.05, 0) is 20.3 Å². The second-order valence-electron chi connectivity index (χ2n) is 4.81. The molecule has 0 saturated carbocycles. The van der Waals surface area contributed by atoms with Crippen molar-refractivity contribution < 1.29 is 5.11 Å². The molecule has 0 aromatic carbocycles. The minimum absolute atomic E-state index is 0.508. The normalized spacial score (nSPS) is 26.2. The average molecular weight is 222 g/mol. The zero-order valence-corrected chi connectivity index (χ0v) is 9.77. The maximum absolute atomic E-state index is 9.84. The van der Waals surface area contributed by atoms with Crippen molar-refractivity contribution in [3.63, 3.8) is 0 Å². The Morgan fingerprint density at radius 3 is 2.88 bits per heavy atom. The van der Waals surface area contributed by atoms with Gasteiger partial charge >= 0.3 is 0 Å². The van der Waals surface area contributed by atoms with Crippen molar-refractivity contribution in [2.75, 3.05) is 18.8 Å². The van der Waals surface area contributed by atoms with Crippen LogP contribution in [0.3, 0.4) is 0 Å². The molecule has 1 aromatic rings. The Balaban J connectivity index is 2.05. The Morgan fingerprint density at radius 2 is 2.31 bits per heavy atom. The molecule has 88 valence electrons. The van der Waals surface area contributed by atoms with Gasteiger partial charge in [0.2, 0.25) is 0 Å². The van der Waals surface area contributed by atoms with Crippen LogP contribution in [0.4, 0.5) is 5.82 Å². The molecule has 0 spiro atoms. The maximum Gasteiger partial charge on any atom is 0.144 e. The van der Waals surface area contributed by atoms with E-state index in [0.29, 0.717) is 18.9 Å². The molecule has 16 heavy (non-hydrogen) atoms. The zero-order valence-electron chi connectivity index (χ0n) is 9.77. The van der Waals surface area contributed by atoms with E-state index in [1.165, 1.54) is 0 Å². The number of hydrogen-bond acceptors (Lipinski definition) is 5. The summed E-state index contributed by atoms with van der Waals surface area (Å²) in [5, 5.41) is 9.84. The van der Waals surface area contributed by atoms with Crippen molar-refractivity contribution in [1.82, 2.24) is 14.9 Å². The largest absolute Gasteiger partial charge is 0.389 e. The van der Waals surface area contributed by atoms with Crippen LogP contribution in [0, 0.1) is 6.92 Å². The first kappa shape index (κ1) is 11.3. The second-order valence-corrected chi connectivity index (χ2v) is 4.81. The molecular formula is C11H18N4O. The summed E-state index contributed by atoms with van der Waals surface area (Å²) in [6, 6.07) is 1.75. The molecular weight excluding hydrogens is 204 g/mol. The van der Waals surface area contributed by atoms with E-state index < -0.39 is 5.60 Å². The van der Waals surface area contributed by atoms with E-state index in [4.69, 9.17) is 5.73 Å². The van der Waals surface area contributed by atoms with Crippen LogP contribution >= 0.6 is 0 Å². The SMILES string of the molecule is Cc1cc(N)nc(CN2CCC(C)(O)C2)n1. The molecule has 1 fully saturated rings. The lowest BCUT2D eigenvalue weighted by Gasteiger charge is -2.18. The number of likely N-dealkylation sites (tertiary alicyclic amines) is 1. The highest BCUT2D eigenvalue weighted by molar-refractivity contribution is 5.29. The van der Waals surface area contributed by atoms with E-state index >= 15 is 0 Å². The Hall–Kier alpha value is -1.20. The van der Waals surface area contributed by atoms with Gasteiger partial charge in [-0.3, -0.25) is 4.90 Å². The van der Waals surface area contributed by atoms with Crippen molar-refractivity contribution >= 4 is 5.82 Å². The molecule has 1 saturated heterocycles. The summed E-state index contributed by atoms with van der Waals surface area (Å²) < 4.78 is 0. The van der Waals surface area contributed by atoms with Crippen LogP contribution in [-0.2, 0) is 6.54 Å². The first-order valence-corrected chi connectivity index (χ1v) is 5.49. The highest BCUT2D eigenvalue weighted by Crippen LogP contribution is 2.21. The molecule has 5 nitrogen and oxygen atoms in total. The van der Waals surface area contributed by atoms with Gasteiger partial charge in [0.05, 0.1) is 12.1 Å². The second kappa shape index (κ2) is 3.99. The third kappa shape index (κ3) is 2.68. The van der Waals surface area contributed by atoms with Gasteiger partial charge in [-0.1, -0.05) is 0 Å². The smallest absolute Gasteiger partial charge is 0.144 e. The molecule has 5 heteroatoms. The predicted octanol–water partition coefficient (Wildman–Crippen LogP) is 0.324. The zero-order chi connectivity index (χ0) is 11.8. The molecule has 1 atom stereocenters. The fraction of sp³-hybridized carbons (Fsp3) is 0.636. The van der Waals surface area contributed by atoms with E-state index in [-0.39, 0.29) is 0 Å². The number of hydrogen-bond donors (Lipinski definition) is 2. The molecule has 1 unspecified atom stereocenters. The van der Waals surface area contributed by atoms with Crippen LogP contribution in [0.15, 0.2) is 6.07 Å². The third-order valence-corrected chi connectivity index (χ3v) is 2.82. The molecule has 2 heterocycles. The van der Waals surface area contributed by atoms with Gasteiger partial charge < -0.3 is 10.8 Å². The van der Waals surface area contributed by atoms with Gasteiger partial charge in [0, 0.05) is 24.8 Å². The van der Waals surface area contributed by atoms with Crippen LogP contribution in [0.25, 0.3) is 0 Å². The fourth-order valence-electron chi connectivity index (χ4n) is 2.10. The van der Waals surface area contributed by atoms with Crippen LogP contribution in [-0.4, -0.2) is 38.7 Å². The van der Waals surface area contributed by atoms with E-state index in [2.05, 4.69) is 14.9 Å². The van der Waals surface area contributed by atoms with Gasteiger partial charge in [0.15, 0.2) is 0 Å². The molecule has 0 aliphatic carbocycles. The van der Waals surface area contributed by atoms with Gasteiger partial charge in [-0.25, -0.2) is 9.97 Å². The van der Waals surface area contributed by atoms with Gasteiger partial charge in [0.1, 0.15) is 11.6 Å². The van der Waals surface area contributed by atoms with Gasteiger partial charge in [0.25, 0.3) is 0 Å². The van der Waals surface area contributed by atoms with E-state index in [9.17, 15) is 5.11 Å². The molecule has 0 bridgehead atoms. The lowest BCUT2D eigenvalue weighted by molar-refractivity contribution is 0.0676. The lowest BCUT2D eigenvalue weighted by Crippen LogP contribution is -2.29. The summed E-state index contributed by atoms with van der Waals surface area (Å²) in [6.07, 6.45) is 0.800. The number of aryl methyl sites for hydroxylation is 1. The number of nitrogens with two attached hydrogens (primary N) is 1. The molecule has 0 amide bonds. The Kier molecular flexibility index (Phi) is 2.82. The summed E-state index contributed by atoms with van der Waals surface area (Å²) >= 11 is 0. The molecule has 1 aliphatic heterocycles. The Labute approximate surface area is 95.3 Å². The van der Waals surface area contributed by atoms with Crippen molar-refractivity contribution in [2.24, 2.45) is 0 Å². The molecule has 0 radical (unpaired) electrons. The summed E-state index contributed by atoms with van der Waals surface area (Å²) in [5.74, 6) is 1.24. The van der Waals surface area contributed by atoms with Crippen LogP contribution in [0.1, 0.15) is 24.9 Å². The van der Waals surface area contributed by atoms with Crippen molar-refractivity contribution in [2.45, 2.75) is 32.4 Å². The third-order valence-electron chi connectivity index (χ3n) is 2.82. The van der Waals surface area contributed by atoms with Gasteiger partial charge in [-0.2, -0.15) is 0 Å².